The minimum absolute atomic E-state index is 0.0454. The lowest BCUT2D eigenvalue weighted by atomic mass is 9.91. The number of benzene rings is 2. The van der Waals surface area contributed by atoms with Crippen molar-refractivity contribution in [2.45, 2.75) is 19.3 Å². The summed E-state index contributed by atoms with van der Waals surface area (Å²) in [5, 5.41) is 10.2. The number of nitrogens with zero attached hydrogens (tertiary/aromatic N) is 3. The number of piperidine rings is 1. The molecule has 1 fully saturated rings. The van der Waals surface area contributed by atoms with Crippen LogP contribution in [0.1, 0.15) is 28.9 Å². The van der Waals surface area contributed by atoms with Crippen molar-refractivity contribution in [2.75, 3.05) is 13.1 Å². The van der Waals surface area contributed by atoms with E-state index < -0.39 is 0 Å². The van der Waals surface area contributed by atoms with Crippen LogP contribution in [0.4, 0.5) is 0 Å². The van der Waals surface area contributed by atoms with Crippen LogP contribution in [0.5, 0.6) is 5.88 Å². The van der Waals surface area contributed by atoms with Crippen LogP contribution < -0.4 is 0 Å². The van der Waals surface area contributed by atoms with E-state index in [9.17, 15) is 9.90 Å². The molecule has 1 N–H and O–H groups in total. The molecule has 1 aromatic heterocycles. The Morgan fingerprint density at radius 3 is 2.50 bits per heavy atom. The third-order valence-corrected chi connectivity index (χ3v) is 4.93. The van der Waals surface area contributed by atoms with Crippen molar-refractivity contribution in [3.63, 3.8) is 0 Å². The second kappa shape index (κ2) is 7.12. The normalized spacial score (nSPS) is 17.4. The number of rotatable bonds is 3. The molecular formula is C21H21N3O2. The van der Waals surface area contributed by atoms with Crippen LogP contribution in [-0.2, 0) is 6.42 Å². The molecule has 1 unspecified atom stereocenters. The van der Waals surface area contributed by atoms with Gasteiger partial charge >= 0.3 is 0 Å². The van der Waals surface area contributed by atoms with Crippen molar-refractivity contribution in [3.05, 3.63) is 65.9 Å². The molecule has 3 aromatic rings. The van der Waals surface area contributed by atoms with Gasteiger partial charge in [-0.3, -0.25) is 4.79 Å². The van der Waals surface area contributed by atoms with E-state index in [-0.39, 0.29) is 17.5 Å². The molecule has 4 rings (SSSR count). The molecular weight excluding hydrogens is 326 g/mol. The molecule has 0 radical (unpaired) electrons. The zero-order chi connectivity index (χ0) is 17.9. The molecule has 0 saturated carbocycles. The average Bonchev–Trinajstić information content (AvgIpc) is 2.68. The highest BCUT2D eigenvalue weighted by atomic mass is 16.3. The maximum atomic E-state index is 12.9. The smallest absolute Gasteiger partial charge is 0.278 e. The second-order valence-corrected chi connectivity index (χ2v) is 6.83. The Kier molecular flexibility index (Phi) is 4.52. The maximum absolute atomic E-state index is 12.9. The van der Waals surface area contributed by atoms with Gasteiger partial charge in [0.25, 0.3) is 5.91 Å². The SMILES string of the molecule is O=C(c1nc2ccccc2nc1O)N1CCCC(Cc2ccccc2)C1. The number of para-hydroxylation sites is 2. The molecule has 0 spiro atoms. The topological polar surface area (TPSA) is 66.3 Å². The van der Waals surface area contributed by atoms with E-state index in [1.807, 2.05) is 30.3 Å². The summed E-state index contributed by atoms with van der Waals surface area (Å²) in [5.41, 5.74) is 2.54. The minimum Gasteiger partial charge on any atom is -0.492 e. The van der Waals surface area contributed by atoms with Gasteiger partial charge in [-0.2, -0.15) is 0 Å². The Morgan fingerprint density at radius 1 is 1.04 bits per heavy atom. The predicted molar refractivity (Wildman–Crippen MR) is 100.0 cm³/mol. The molecule has 0 aliphatic carbocycles. The molecule has 132 valence electrons. The van der Waals surface area contributed by atoms with E-state index in [4.69, 9.17) is 0 Å². The molecule has 1 aliphatic rings. The first kappa shape index (κ1) is 16.5. The Hall–Kier alpha value is -2.95. The van der Waals surface area contributed by atoms with Gasteiger partial charge in [-0.25, -0.2) is 9.97 Å². The Labute approximate surface area is 152 Å². The van der Waals surface area contributed by atoms with Crippen LogP contribution in [0, 0.1) is 5.92 Å². The van der Waals surface area contributed by atoms with Crippen molar-refractivity contribution in [2.24, 2.45) is 5.92 Å². The van der Waals surface area contributed by atoms with Crippen molar-refractivity contribution in [3.8, 4) is 5.88 Å². The van der Waals surface area contributed by atoms with E-state index in [0.717, 1.165) is 19.3 Å². The fraction of sp³-hybridized carbons (Fsp3) is 0.286. The molecule has 26 heavy (non-hydrogen) atoms. The molecule has 5 nitrogen and oxygen atoms in total. The van der Waals surface area contributed by atoms with Crippen LogP contribution >= 0.6 is 0 Å². The zero-order valence-corrected chi connectivity index (χ0v) is 14.5. The van der Waals surface area contributed by atoms with E-state index in [2.05, 4.69) is 22.1 Å². The number of carbonyl (C=O) groups is 1. The van der Waals surface area contributed by atoms with E-state index in [0.29, 0.717) is 30.0 Å². The first-order valence-electron chi connectivity index (χ1n) is 8.99. The number of hydrogen-bond donors (Lipinski definition) is 1. The fourth-order valence-corrected chi connectivity index (χ4v) is 3.65. The van der Waals surface area contributed by atoms with Gasteiger partial charge in [0.2, 0.25) is 5.88 Å². The van der Waals surface area contributed by atoms with Gasteiger partial charge in [-0.1, -0.05) is 42.5 Å². The molecule has 1 amide bonds. The Balaban J connectivity index is 1.53. The van der Waals surface area contributed by atoms with Crippen molar-refractivity contribution in [1.29, 1.82) is 0 Å². The van der Waals surface area contributed by atoms with E-state index in [1.165, 1.54) is 5.56 Å². The molecule has 5 heteroatoms. The summed E-state index contributed by atoms with van der Waals surface area (Å²) < 4.78 is 0. The summed E-state index contributed by atoms with van der Waals surface area (Å²) >= 11 is 0. The highest BCUT2D eigenvalue weighted by molar-refractivity contribution is 5.96. The van der Waals surface area contributed by atoms with Gasteiger partial charge in [-0.05, 0) is 42.9 Å². The number of amides is 1. The second-order valence-electron chi connectivity index (χ2n) is 6.83. The summed E-state index contributed by atoms with van der Waals surface area (Å²) in [6.07, 6.45) is 3.03. The van der Waals surface area contributed by atoms with Crippen LogP contribution in [0.15, 0.2) is 54.6 Å². The highest BCUT2D eigenvalue weighted by Crippen LogP contribution is 2.24. The monoisotopic (exact) mass is 347 g/mol. The van der Waals surface area contributed by atoms with Crippen molar-refractivity contribution < 1.29 is 9.90 Å². The fourth-order valence-electron chi connectivity index (χ4n) is 3.65. The first-order valence-corrected chi connectivity index (χ1v) is 8.99. The average molecular weight is 347 g/mol. The van der Waals surface area contributed by atoms with Gasteiger partial charge in [0.15, 0.2) is 5.69 Å². The third-order valence-electron chi connectivity index (χ3n) is 4.93. The third kappa shape index (κ3) is 3.38. The minimum atomic E-state index is -0.293. The summed E-state index contributed by atoms with van der Waals surface area (Å²) in [6, 6.07) is 17.6. The van der Waals surface area contributed by atoms with Gasteiger partial charge in [0, 0.05) is 13.1 Å². The van der Waals surface area contributed by atoms with Crippen LogP contribution in [0.25, 0.3) is 11.0 Å². The molecule has 2 aromatic carbocycles. The molecule has 1 atom stereocenters. The quantitative estimate of drug-likeness (QED) is 0.788. The molecule has 1 saturated heterocycles. The van der Waals surface area contributed by atoms with E-state index in [1.54, 1.807) is 17.0 Å². The van der Waals surface area contributed by atoms with Gasteiger partial charge < -0.3 is 10.0 Å². The van der Waals surface area contributed by atoms with Crippen molar-refractivity contribution >= 4 is 16.9 Å². The van der Waals surface area contributed by atoms with Crippen LogP contribution in [-0.4, -0.2) is 39.0 Å². The number of likely N-dealkylation sites (tertiary alicyclic amines) is 1. The lowest BCUT2D eigenvalue weighted by Gasteiger charge is -2.32. The van der Waals surface area contributed by atoms with Crippen LogP contribution in [0.2, 0.25) is 0 Å². The highest BCUT2D eigenvalue weighted by Gasteiger charge is 2.27. The summed E-state index contributed by atoms with van der Waals surface area (Å²) in [6.45, 7) is 1.37. The van der Waals surface area contributed by atoms with Crippen LogP contribution in [0.3, 0.4) is 0 Å². The molecule has 0 bridgehead atoms. The van der Waals surface area contributed by atoms with Crippen molar-refractivity contribution in [1.82, 2.24) is 14.9 Å². The summed E-state index contributed by atoms with van der Waals surface area (Å²) in [7, 11) is 0. The maximum Gasteiger partial charge on any atom is 0.278 e. The number of aromatic nitrogens is 2. The predicted octanol–water partition coefficient (Wildman–Crippen LogP) is 3.43. The van der Waals surface area contributed by atoms with E-state index >= 15 is 0 Å². The lowest BCUT2D eigenvalue weighted by molar-refractivity contribution is 0.0663. The van der Waals surface area contributed by atoms with Gasteiger partial charge in [-0.15, -0.1) is 0 Å². The molecule has 2 heterocycles. The number of fused-ring (bicyclic) bond motifs is 1. The number of carbonyl (C=O) groups excluding carboxylic acids is 1. The van der Waals surface area contributed by atoms with Gasteiger partial charge in [0.1, 0.15) is 0 Å². The number of hydrogen-bond acceptors (Lipinski definition) is 4. The zero-order valence-electron chi connectivity index (χ0n) is 14.5. The first-order chi connectivity index (χ1) is 12.7. The lowest BCUT2D eigenvalue weighted by Crippen LogP contribution is -2.41. The summed E-state index contributed by atoms with van der Waals surface area (Å²) in [4.78, 5) is 23.2. The Bertz CT molecular complexity index is 927. The standard InChI is InChI=1S/C21H21N3O2/c25-20-19(22-17-10-4-5-11-18(17)23-20)21(26)24-12-6-9-16(14-24)13-15-7-2-1-3-8-15/h1-5,7-8,10-11,16H,6,9,12-14H2,(H,23,25). The van der Waals surface area contributed by atoms with Gasteiger partial charge in [0.05, 0.1) is 11.0 Å². The number of aromatic hydroxyl groups is 1. The molecule has 1 aliphatic heterocycles. The largest absolute Gasteiger partial charge is 0.492 e. The Morgan fingerprint density at radius 2 is 1.73 bits per heavy atom. The summed E-state index contributed by atoms with van der Waals surface area (Å²) in [5.74, 6) is -0.108.